The van der Waals surface area contributed by atoms with Crippen LogP contribution < -0.4 is 10.6 Å². The molecule has 164 valence electrons. The second kappa shape index (κ2) is 10.9. The van der Waals surface area contributed by atoms with E-state index in [1.165, 1.54) is 4.88 Å². The molecule has 0 spiro atoms. The van der Waals surface area contributed by atoms with E-state index in [2.05, 4.69) is 48.4 Å². The molecule has 0 fully saturated rings. The van der Waals surface area contributed by atoms with Gasteiger partial charge in [-0.05, 0) is 31.7 Å². The van der Waals surface area contributed by atoms with E-state index >= 15 is 0 Å². The van der Waals surface area contributed by atoms with Crippen LogP contribution in [0, 0.1) is 6.92 Å². The Bertz CT molecular complexity index is 948. The maximum atomic E-state index is 10.8. The molecule has 0 aliphatic rings. The molecule has 30 heavy (non-hydrogen) atoms. The summed E-state index contributed by atoms with van der Waals surface area (Å²) in [6.07, 6.45) is 4.39. The van der Waals surface area contributed by atoms with E-state index in [1.54, 1.807) is 29.1 Å². The minimum Gasteiger partial charge on any atom is -0.383 e. The van der Waals surface area contributed by atoms with Gasteiger partial charge in [-0.25, -0.2) is 4.99 Å². The fraction of sp³-hybridized carbons (Fsp3) is 0.474. The number of hydrogen-bond donors (Lipinski definition) is 3. The molecule has 0 aliphatic carbocycles. The minimum absolute atomic E-state index is 0. The zero-order valence-corrected chi connectivity index (χ0v) is 20.8. The molecule has 0 saturated carbocycles. The van der Waals surface area contributed by atoms with Crippen molar-refractivity contribution in [3.8, 4) is 0 Å². The lowest BCUT2D eigenvalue weighted by Gasteiger charge is -2.24. The van der Waals surface area contributed by atoms with Crippen molar-refractivity contribution in [1.82, 2.24) is 35.2 Å². The average molecular weight is 544 g/mol. The molecule has 0 radical (unpaired) electrons. The number of rotatable bonds is 8. The number of aliphatic hydroxyl groups is 1. The lowest BCUT2D eigenvalue weighted by Crippen LogP contribution is -2.45. The number of aryl methyl sites for hydroxylation is 2. The molecule has 1 atom stereocenters. The Morgan fingerprint density at radius 3 is 2.70 bits per heavy atom. The van der Waals surface area contributed by atoms with Gasteiger partial charge in [0.1, 0.15) is 18.0 Å². The highest BCUT2D eigenvalue weighted by atomic mass is 127. The summed E-state index contributed by atoms with van der Waals surface area (Å²) in [5, 5.41) is 31.9. The van der Waals surface area contributed by atoms with Crippen LogP contribution in [0.1, 0.15) is 29.0 Å². The summed E-state index contributed by atoms with van der Waals surface area (Å²) in [5.41, 5.74) is -0.333. The maximum absolute atomic E-state index is 10.8. The van der Waals surface area contributed by atoms with Crippen molar-refractivity contribution in [2.24, 2.45) is 19.1 Å². The van der Waals surface area contributed by atoms with E-state index in [0.717, 1.165) is 30.2 Å². The number of hydrogen-bond acceptors (Lipinski definition) is 6. The predicted molar refractivity (Wildman–Crippen MR) is 129 cm³/mol. The summed E-state index contributed by atoms with van der Waals surface area (Å²) in [7, 11) is 3.75. The van der Waals surface area contributed by atoms with Crippen LogP contribution in [0.4, 0.5) is 0 Å². The molecule has 3 N–H and O–H groups in total. The third-order valence-corrected chi connectivity index (χ3v) is 5.67. The van der Waals surface area contributed by atoms with Gasteiger partial charge in [0.05, 0.1) is 12.7 Å². The van der Waals surface area contributed by atoms with Gasteiger partial charge in [-0.3, -0.25) is 4.68 Å². The molecule has 9 nitrogen and oxygen atoms in total. The number of nitrogens with one attached hydrogen (secondary N) is 2. The van der Waals surface area contributed by atoms with Crippen molar-refractivity contribution in [1.29, 1.82) is 0 Å². The SMILES string of the molecule is Cc1nnc(CN=C(NCCc2cccs2)NCC(C)(O)c2cnn(C)c2)n1C.I. The summed E-state index contributed by atoms with van der Waals surface area (Å²) in [6.45, 7) is 5.08. The van der Waals surface area contributed by atoms with Gasteiger partial charge in [0.25, 0.3) is 0 Å². The molecule has 0 amide bonds. The Morgan fingerprint density at radius 2 is 2.10 bits per heavy atom. The van der Waals surface area contributed by atoms with Crippen molar-refractivity contribution in [3.63, 3.8) is 0 Å². The van der Waals surface area contributed by atoms with Crippen molar-refractivity contribution in [2.45, 2.75) is 32.4 Å². The van der Waals surface area contributed by atoms with Crippen molar-refractivity contribution < 1.29 is 5.11 Å². The highest BCUT2D eigenvalue weighted by Gasteiger charge is 2.25. The molecular formula is C19H29IN8OS. The number of nitrogens with zero attached hydrogens (tertiary/aromatic N) is 6. The second-order valence-corrected chi connectivity index (χ2v) is 8.21. The second-order valence-electron chi connectivity index (χ2n) is 7.17. The number of guanidine groups is 1. The van der Waals surface area contributed by atoms with Crippen LogP contribution in [0.15, 0.2) is 34.9 Å². The van der Waals surface area contributed by atoms with Crippen LogP contribution in [0.3, 0.4) is 0 Å². The average Bonchev–Trinajstić information content (AvgIpc) is 3.42. The molecule has 1 unspecified atom stereocenters. The van der Waals surface area contributed by atoms with Crippen molar-refractivity contribution >= 4 is 41.3 Å². The monoisotopic (exact) mass is 544 g/mol. The molecule has 11 heteroatoms. The largest absolute Gasteiger partial charge is 0.383 e. The summed E-state index contributed by atoms with van der Waals surface area (Å²) in [4.78, 5) is 5.94. The molecule has 3 heterocycles. The van der Waals surface area contributed by atoms with Gasteiger partial charge in [0.2, 0.25) is 0 Å². The zero-order chi connectivity index (χ0) is 20.9. The Balaban J connectivity index is 0.00000320. The predicted octanol–water partition coefficient (Wildman–Crippen LogP) is 1.72. The van der Waals surface area contributed by atoms with Crippen LogP contribution in [0.5, 0.6) is 0 Å². The van der Waals surface area contributed by atoms with E-state index in [4.69, 9.17) is 0 Å². The van der Waals surface area contributed by atoms with Gasteiger partial charge in [0, 0.05) is 37.3 Å². The Labute approximate surface area is 197 Å². The molecule has 3 aromatic heterocycles. The lowest BCUT2D eigenvalue weighted by atomic mass is 10.00. The zero-order valence-electron chi connectivity index (χ0n) is 17.7. The van der Waals surface area contributed by atoms with Gasteiger partial charge in [-0.1, -0.05) is 6.07 Å². The molecule has 0 aliphatic heterocycles. The molecule has 3 rings (SSSR count). The number of halogens is 1. The quantitative estimate of drug-likeness (QED) is 0.227. The summed E-state index contributed by atoms with van der Waals surface area (Å²) in [5.74, 6) is 2.24. The van der Waals surface area contributed by atoms with Gasteiger partial charge >= 0.3 is 0 Å². The van der Waals surface area contributed by atoms with E-state index in [-0.39, 0.29) is 24.0 Å². The highest BCUT2D eigenvalue weighted by Crippen LogP contribution is 2.18. The van der Waals surface area contributed by atoms with E-state index in [0.29, 0.717) is 19.0 Å². The van der Waals surface area contributed by atoms with Crippen LogP contribution in [-0.4, -0.2) is 48.7 Å². The smallest absolute Gasteiger partial charge is 0.191 e. The molecular weight excluding hydrogens is 515 g/mol. The number of thiophene rings is 1. The highest BCUT2D eigenvalue weighted by molar-refractivity contribution is 14.0. The standard InChI is InChI=1S/C19H28N8OS.HI/c1-14-24-25-17(27(14)4)11-21-18(20-8-7-16-6-5-9-29-16)22-13-19(2,28)15-10-23-26(3)12-15;/h5-6,9-10,12,28H,7-8,11,13H2,1-4H3,(H2,20,21,22);1H. The van der Waals surface area contributed by atoms with Gasteiger partial charge in [-0.15, -0.1) is 45.5 Å². The third kappa shape index (κ3) is 6.51. The number of aliphatic imine (C=N–C) groups is 1. The Kier molecular flexibility index (Phi) is 8.79. The van der Waals surface area contributed by atoms with E-state index in [1.807, 2.05) is 31.8 Å². The van der Waals surface area contributed by atoms with Gasteiger partial charge in [-0.2, -0.15) is 5.10 Å². The first-order valence-electron chi connectivity index (χ1n) is 9.46. The minimum atomic E-state index is -1.08. The Morgan fingerprint density at radius 1 is 1.30 bits per heavy atom. The maximum Gasteiger partial charge on any atom is 0.191 e. The van der Waals surface area contributed by atoms with Crippen LogP contribution in [0.25, 0.3) is 0 Å². The van der Waals surface area contributed by atoms with Crippen molar-refractivity contribution in [2.75, 3.05) is 13.1 Å². The normalized spacial score (nSPS) is 13.6. The number of aromatic nitrogens is 5. The topological polar surface area (TPSA) is 105 Å². The first-order valence-corrected chi connectivity index (χ1v) is 10.3. The Hall–Kier alpha value is -1.99. The van der Waals surface area contributed by atoms with E-state index in [9.17, 15) is 5.11 Å². The fourth-order valence-electron chi connectivity index (χ4n) is 2.73. The fourth-order valence-corrected chi connectivity index (χ4v) is 3.44. The first-order chi connectivity index (χ1) is 13.8. The molecule has 0 aromatic carbocycles. The molecule has 0 bridgehead atoms. The van der Waals surface area contributed by atoms with Crippen molar-refractivity contribution in [3.05, 3.63) is 52.0 Å². The van der Waals surface area contributed by atoms with Gasteiger partial charge in [0.15, 0.2) is 11.8 Å². The van der Waals surface area contributed by atoms with Crippen LogP contribution in [-0.2, 0) is 32.7 Å². The van der Waals surface area contributed by atoms with E-state index < -0.39 is 5.60 Å². The van der Waals surface area contributed by atoms with Gasteiger partial charge < -0.3 is 20.3 Å². The summed E-state index contributed by atoms with van der Waals surface area (Å²) >= 11 is 1.74. The third-order valence-electron chi connectivity index (χ3n) is 4.73. The van der Waals surface area contributed by atoms with Crippen LogP contribution >= 0.6 is 35.3 Å². The molecule has 3 aromatic rings. The van der Waals surface area contributed by atoms with Crippen LogP contribution in [0.2, 0.25) is 0 Å². The first kappa shape index (κ1) is 24.3. The molecule has 0 saturated heterocycles. The summed E-state index contributed by atoms with van der Waals surface area (Å²) < 4.78 is 3.59. The lowest BCUT2D eigenvalue weighted by molar-refractivity contribution is 0.0616. The summed E-state index contributed by atoms with van der Waals surface area (Å²) in [6, 6.07) is 4.17.